The highest BCUT2D eigenvalue weighted by molar-refractivity contribution is 6.00. The molecule has 174 valence electrons. The molecule has 1 aliphatic heterocycles. The molecule has 1 saturated heterocycles. The van der Waals surface area contributed by atoms with Gasteiger partial charge in [0, 0.05) is 36.8 Å². The summed E-state index contributed by atoms with van der Waals surface area (Å²) in [6.45, 7) is 1.83. The zero-order valence-electron chi connectivity index (χ0n) is 19.8. The molecule has 0 radical (unpaired) electrons. The second kappa shape index (κ2) is 8.13. The van der Waals surface area contributed by atoms with Gasteiger partial charge in [0.15, 0.2) is 0 Å². The van der Waals surface area contributed by atoms with E-state index in [1.165, 1.54) is 12.0 Å². The molecule has 2 aromatic carbocycles. The number of furan rings is 1. The van der Waals surface area contributed by atoms with Crippen molar-refractivity contribution in [3.05, 3.63) is 70.5 Å². The first-order valence-electron chi connectivity index (χ1n) is 12.2. The Labute approximate surface area is 199 Å². The van der Waals surface area contributed by atoms with Crippen molar-refractivity contribution >= 4 is 17.0 Å². The molecule has 1 saturated carbocycles. The van der Waals surface area contributed by atoms with Crippen LogP contribution in [-0.2, 0) is 12.6 Å². The molecule has 34 heavy (non-hydrogen) atoms. The van der Waals surface area contributed by atoms with E-state index in [4.69, 9.17) is 9.40 Å². The van der Waals surface area contributed by atoms with Gasteiger partial charge in [-0.05, 0) is 50.3 Å². The Bertz CT molecular complexity index is 1390. The third-order valence-corrected chi connectivity index (χ3v) is 7.75. The Kier molecular flexibility index (Phi) is 5.06. The van der Waals surface area contributed by atoms with Crippen LogP contribution in [0.4, 0.5) is 5.95 Å². The van der Waals surface area contributed by atoms with Crippen molar-refractivity contribution < 1.29 is 4.42 Å². The van der Waals surface area contributed by atoms with E-state index in [0.717, 1.165) is 55.5 Å². The molecule has 4 aromatic rings. The van der Waals surface area contributed by atoms with Gasteiger partial charge in [0.05, 0.1) is 0 Å². The van der Waals surface area contributed by atoms with Gasteiger partial charge in [-0.15, -0.1) is 0 Å². The van der Waals surface area contributed by atoms with E-state index >= 15 is 0 Å². The van der Waals surface area contributed by atoms with Crippen molar-refractivity contribution in [1.29, 1.82) is 0 Å². The molecule has 3 heterocycles. The Morgan fingerprint density at radius 1 is 0.941 bits per heavy atom. The lowest BCUT2D eigenvalue weighted by Gasteiger charge is -2.42. The van der Waals surface area contributed by atoms with Crippen LogP contribution in [0.15, 0.2) is 63.8 Å². The minimum absolute atomic E-state index is 0.0685. The van der Waals surface area contributed by atoms with E-state index in [-0.39, 0.29) is 11.1 Å². The standard InChI is InChI=1S/C28H30N4O2/c1-29-28(15-8-16-28)21-13-11-20(12-14-21)24-22(19-9-4-3-5-10-19)23-25(34-24)30-27(31(2)26(23)33)32-17-6-7-18-32/h3-5,9-14,29H,6-8,15-18H2,1-2H3. The van der Waals surface area contributed by atoms with Crippen LogP contribution in [-0.4, -0.2) is 29.7 Å². The van der Waals surface area contributed by atoms with Gasteiger partial charge in [-0.3, -0.25) is 9.36 Å². The summed E-state index contributed by atoms with van der Waals surface area (Å²) in [5, 5.41) is 4.06. The van der Waals surface area contributed by atoms with Crippen LogP contribution in [0.3, 0.4) is 0 Å². The number of aromatic nitrogens is 2. The molecular formula is C28H30N4O2. The van der Waals surface area contributed by atoms with E-state index < -0.39 is 0 Å². The molecule has 6 nitrogen and oxygen atoms in total. The maximum absolute atomic E-state index is 13.6. The number of nitrogens with one attached hydrogen (secondary N) is 1. The van der Waals surface area contributed by atoms with E-state index in [1.54, 1.807) is 4.57 Å². The molecule has 6 rings (SSSR count). The zero-order valence-corrected chi connectivity index (χ0v) is 19.8. The van der Waals surface area contributed by atoms with Crippen molar-refractivity contribution in [3.63, 3.8) is 0 Å². The van der Waals surface area contributed by atoms with Gasteiger partial charge in [-0.25, -0.2) is 0 Å². The predicted molar refractivity (Wildman–Crippen MR) is 136 cm³/mol. The largest absolute Gasteiger partial charge is 0.437 e. The van der Waals surface area contributed by atoms with Gasteiger partial charge in [-0.1, -0.05) is 54.6 Å². The predicted octanol–water partition coefficient (Wildman–Crippen LogP) is 5.06. The molecule has 0 spiro atoms. The van der Waals surface area contributed by atoms with Crippen LogP contribution in [0, 0.1) is 0 Å². The van der Waals surface area contributed by atoms with Crippen LogP contribution in [0.5, 0.6) is 0 Å². The van der Waals surface area contributed by atoms with Crippen LogP contribution < -0.4 is 15.8 Å². The lowest BCUT2D eigenvalue weighted by atomic mass is 9.72. The van der Waals surface area contributed by atoms with Crippen molar-refractivity contribution in [2.75, 3.05) is 25.0 Å². The Morgan fingerprint density at radius 3 is 2.26 bits per heavy atom. The average Bonchev–Trinajstić information content (AvgIpc) is 3.50. The van der Waals surface area contributed by atoms with Gasteiger partial charge in [0.25, 0.3) is 5.56 Å². The first-order valence-corrected chi connectivity index (χ1v) is 12.2. The number of rotatable bonds is 5. The summed E-state index contributed by atoms with van der Waals surface area (Å²) in [6.07, 6.45) is 5.79. The molecular weight excluding hydrogens is 424 g/mol. The molecule has 2 aromatic heterocycles. The highest BCUT2D eigenvalue weighted by atomic mass is 16.3. The summed E-state index contributed by atoms with van der Waals surface area (Å²) < 4.78 is 8.08. The van der Waals surface area contributed by atoms with Crippen LogP contribution in [0.25, 0.3) is 33.6 Å². The third kappa shape index (κ3) is 3.20. The van der Waals surface area contributed by atoms with Gasteiger partial charge >= 0.3 is 0 Å². The number of nitrogens with zero attached hydrogens (tertiary/aromatic N) is 3. The summed E-state index contributed by atoms with van der Waals surface area (Å²) in [4.78, 5) is 20.7. The van der Waals surface area contributed by atoms with Gasteiger partial charge < -0.3 is 14.6 Å². The number of anilines is 1. The molecule has 1 aliphatic carbocycles. The van der Waals surface area contributed by atoms with Crippen LogP contribution in [0.1, 0.15) is 37.7 Å². The van der Waals surface area contributed by atoms with E-state index in [1.807, 2.05) is 44.4 Å². The fourth-order valence-electron chi connectivity index (χ4n) is 5.56. The lowest BCUT2D eigenvalue weighted by molar-refractivity contribution is 0.201. The quantitative estimate of drug-likeness (QED) is 0.457. The maximum Gasteiger partial charge on any atom is 0.266 e. The Hall–Kier alpha value is -3.38. The molecule has 0 amide bonds. The Morgan fingerprint density at radius 2 is 1.65 bits per heavy atom. The summed E-state index contributed by atoms with van der Waals surface area (Å²) >= 11 is 0. The Balaban J connectivity index is 1.55. The molecule has 0 unspecified atom stereocenters. The normalized spacial score (nSPS) is 17.3. The smallest absolute Gasteiger partial charge is 0.266 e. The topological polar surface area (TPSA) is 63.3 Å². The number of hydrogen-bond donors (Lipinski definition) is 1. The molecule has 2 fully saturated rings. The van der Waals surface area contributed by atoms with Gasteiger partial charge in [0.1, 0.15) is 11.1 Å². The van der Waals surface area contributed by atoms with Crippen LogP contribution >= 0.6 is 0 Å². The number of benzene rings is 2. The third-order valence-electron chi connectivity index (χ3n) is 7.75. The van der Waals surface area contributed by atoms with Crippen molar-refractivity contribution in [2.45, 2.75) is 37.6 Å². The van der Waals surface area contributed by atoms with Crippen molar-refractivity contribution in [3.8, 4) is 22.5 Å². The highest BCUT2D eigenvalue weighted by Gasteiger charge is 2.37. The molecule has 0 bridgehead atoms. The van der Waals surface area contributed by atoms with Crippen molar-refractivity contribution in [1.82, 2.24) is 14.9 Å². The van der Waals surface area contributed by atoms with E-state index in [0.29, 0.717) is 22.8 Å². The minimum atomic E-state index is -0.0685. The fraction of sp³-hybridized carbons (Fsp3) is 0.357. The first-order chi connectivity index (χ1) is 16.6. The second-order valence-corrected chi connectivity index (χ2v) is 9.59. The first kappa shape index (κ1) is 21.2. The number of fused-ring (bicyclic) bond motifs is 1. The molecule has 0 atom stereocenters. The minimum Gasteiger partial charge on any atom is -0.437 e. The van der Waals surface area contributed by atoms with Gasteiger partial charge in [0.2, 0.25) is 11.7 Å². The highest BCUT2D eigenvalue weighted by Crippen LogP contribution is 2.43. The summed E-state index contributed by atoms with van der Waals surface area (Å²) in [6, 6.07) is 18.6. The molecule has 1 N–H and O–H groups in total. The van der Waals surface area contributed by atoms with Crippen LogP contribution in [0.2, 0.25) is 0 Å². The lowest BCUT2D eigenvalue weighted by Crippen LogP contribution is -2.45. The zero-order chi connectivity index (χ0) is 23.3. The number of hydrogen-bond acceptors (Lipinski definition) is 5. The van der Waals surface area contributed by atoms with Gasteiger partial charge in [-0.2, -0.15) is 4.98 Å². The SMILES string of the molecule is CNC1(c2ccc(-c3oc4nc(N5CCCC5)n(C)c(=O)c4c3-c3ccccc3)cc2)CCC1. The van der Waals surface area contributed by atoms with E-state index in [9.17, 15) is 4.79 Å². The maximum atomic E-state index is 13.6. The average molecular weight is 455 g/mol. The van der Waals surface area contributed by atoms with Crippen molar-refractivity contribution in [2.24, 2.45) is 7.05 Å². The molecule has 2 aliphatic rings. The summed E-state index contributed by atoms with van der Waals surface area (Å²) in [5.74, 6) is 1.38. The fourth-order valence-corrected chi connectivity index (χ4v) is 5.56. The molecule has 6 heteroatoms. The summed E-state index contributed by atoms with van der Waals surface area (Å²) in [7, 11) is 3.85. The monoisotopic (exact) mass is 454 g/mol. The second-order valence-electron chi connectivity index (χ2n) is 9.59. The summed E-state index contributed by atoms with van der Waals surface area (Å²) in [5.41, 5.74) is 4.45. The van der Waals surface area contributed by atoms with E-state index in [2.05, 4.69) is 34.5 Å².